The number of benzene rings is 2. The molecule has 6 heteroatoms. The zero-order chi connectivity index (χ0) is 19.5. The van der Waals surface area contributed by atoms with Crippen LogP contribution in [0.25, 0.3) is 23.1 Å². The molecule has 0 saturated carbocycles. The number of hydrogen-bond acceptors (Lipinski definition) is 5. The molecule has 5 nitrogen and oxygen atoms in total. The van der Waals surface area contributed by atoms with E-state index in [-0.39, 0.29) is 5.56 Å². The van der Waals surface area contributed by atoms with Crippen LogP contribution in [0.3, 0.4) is 0 Å². The second-order valence-corrected chi connectivity index (χ2v) is 7.29. The number of nitrogens with zero attached hydrogens (tertiary/aromatic N) is 3. The van der Waals surface area contributed by atoms with E-state index in [1.807, 2.05) is 67.8 Å². The molecule has 0 saturated heterocycles. The highest BCUT2D eigenvalue weighted by molar-refractivity contribution is 7.98. The molecule has 0 atom stereocenters. The third-order valence-corrected chi connectivity index (χ3v) is 5.25. The Morgan fingerprint density at radius 2 is 1.82 bits per heavy atom. The fourth-order valence-electron chi connectivity index (χ4n) is 3.06. The van der Waals surface area contributed by atoms with Gasteiger partial charge in [-0.3, -0.25) is 4.79 Å². The predicted molar refractivity (Wildman–Crippen MR) is 113 cm³/mol. The van der Waals surface area contributed by atoms with E-state index in [1.54, 1.807) is 11.8 Å². The highest BCUT2D eigenvalue weighted by atomic mass is 32.2. The molecule has 2 aromatic carbocycles. The zero-order valence-electron chi connectivity index (χ0n) is 15.6. The fraction of sp³-hybridized carbons (Fsp3) is 0.136. The summed E-state index contributed by atoms with van der Waals surface area (Å²) < 4.78 is 6.89. The number of thioether (sulfide) groups is 1. The van der Waals surface area contributed by atoms with Gasteiger partial charge in [0.2, 0.25) is 0 Å². The Labute approximate surface area is 166 Å². The van der Waals surface area contributed by atoms with Gasteiger partial charge in [-0.2, -0.15) is 5.10 Å². The second kappa shape index (κ2) is 7.86. The van der Waals surface area contributed by atoms with Crippen LogP contribution in [0.2, 0.25) is 0 Å². The molecule has 0 aliphatic carbocycles. The zero-order valence-corrected chi connectivity index (χ0v) is 16.4. The maximum Gasteiger partial charge on any atom is 0.297 e. The van der Waals surface area contributed by atoms with Gasteiger partial charge in [0, 0.05) is 4.90 Å². The van der Waals surface area contributed by atoms with Crippen molar-refractivity contribution in [2.75, 3.05) is 6.26 Å². The van der Waals surface area contributed by atoms with Crippen LogP contribution < -0.4 is 5.56 Å². The van der Waals surface area contributed by atoms with Crippen LogP contribution in [-0.2, 0) is 6.54 Å². The van der Waals surface area contributed by atoms with Gasteiger partial charge in [-0.15, -0.1) is 11.8 Å². The van der Waals surface area contributed by atoms with Crippen LogP contribution in [0.5, 0.6) is 0 Å². The van der Waals surface area contributed by atoms with Gasteiger partial charge in [0.1, 0.15) is 0 Å². The SMILES string of the molecule is CSc1ccc(/C=C/c2onc3c(=O)n(Cc4ccccc4)nc(C)c23)cc1. The minimum absolute atomic E-state index is 0.253. The summed E-state index contributed by atoms with van der Waals surface area (Å²) in [5, 5.41) is 9.15. The van der Waals surface area contributed by atoms with Gasteiger partial charge in [0.25, 0.3) is 5.56 Å². The molecule has 0 bridgehead atoms. The lowest BCUT2D eigenvalue weighted by Crippen LogP contribution is -2.24. The van der Waals surface area contributed by atoms with Crippen molar-refractivity contribution in [2.24, 2.45) is 0 Å². The van der Waals surface area contributed by atoms with Gasteiger partial charge in [-0.25, -0.2) is 4.68 Å². The highest BCUT2D eigenvalue weighted by Gasteiger charge is 2.16. The Morgan fingerprint density at radius 1 is 1.07 bits per heavy atom. The van der Waals surface area contributed by atoms with Crippen molar-refractivity contribution < 1.29 is 4.52 Å². The summed E-state index contributed by atoms with van der Waals surface area (Å²) in [6.07, 6.45) is 5.82. The van der Waals surface area contributed by atoms with E-state index < -0.39 is 0 Å². The van der Waals surface area contributed by atoms with Crippen molar-refractivity contribution >= 4 is 34.8 Å². The molecule has 2 heterocycles. The molecule has 0 unspecified atom stereocenters. The lowest BCUT2D eigenvalue weighted by Gasteiger charge is -2.06. The monoisotopic (exact) mass is 389 g/mol. The van der Waals surface area contributed by atoms with Gasteiger partial charge in [-0.1, -0.05) is 53.7 Å². The molecule has 2 aromatic heterocycles. The number of rotatable bonds is 5. The van der Waals surface area contributed by atoms with Crippen LogP contribution in [0.1, 0.15) is 22.6 Å². The summed E-state index contributed by atoms with van der Waals surface area (Å²) in [6.45, 7) is 2.27. The van der Waals surface area contributed by atoms with E-state index in [9.17, 15) is 4.79 Å². The van der Waals surface area contributed by atoms with Crippen LogP contribution in [-0.4, -0.2) is 21.2 Å². The topological polar surface area (TPSA) is 60.9 Å². The minimum Gasteiger partial charge on any atom is -0.355 e. The van der Waals surface area contributed by atoms with Crippen LogP contribution in [0.15, 0.2) is 68.8 Å². The van der Waals surface area contributed by atoms with Crippen LogP contribution in [0.4, 0.5) is 0 Å². The predicted octanol–water partition coefficient (Wildman–Crippen LogP) is 4.63. The summed E-state index contributed by atoms with van der Waals surface area (Å²) in [5.41, 5.74) is 2.82. The number of hydrogen-bond donors (Lipinski definition) is 0. The van der Waals surface area contributed by atoms with Gasteiger partial charge >= 0.3 is 0 Å². The summed E-state index contributed by atoms with van der Waals surface area (Å²) in [6, 6.07) is 18.0. The quantitative estimate of drug-likeness (QED) is 0.466. The molecular weight excluding hydrogens is 370 g/mol. The first-order valence-corrected chi connectivity index (χ1v) is 10.1. The van der Waals surface area contributed by atoms with Crippen molar-refractivity contribution in [3.8, 4) is 0 Å². The van der Waals surface area contributed by atoms with E-state index >= 15 is 0 Å². The van der Waals surface area contributed by atoms with Crippen LogP contribution in [0, 0.1) is 6.92 Å². The van der Waals surface area contributed by atoms with E-state index in [4.69, 9.17) is 4.52 Å². The average molecular weight is 389 g/mol. The third-order valence-electron chi connectivity index (χ3n) is 4.51. The molecular formula is C22H19N3O2S. The molecule has 140 valence electrons. The molecule has 0 N–H and O–H groups in total. The first-order chi connectivity index (χ1) is 13.7. The van der Waals surface area contributed by atoms with E-state index in [2.05, 4.69) is 22.4 Å². The number of aryl methyl sites for hydroxylation is 1. The Morgan fingerprint density at radius 3 is 2.54 bits per heavy atom. The molecule has 0 spiro atoms. The Kier molecular flexibility index (Phi) is 5.12. The van der Waals surface area contributed by atoms with E-state index in [1.165, 1.54) is 9.58 Å². The summed E-state index contributed by atoms with van der Waals surface area (Å²) in [4.78, 5) is 14.0. The van der Waals surface area contributed by atoms with Crippen molar-refractivity contribution in [3.63, 3.8) is 0 Å². The maximum absolute atomic E-state index is 12.8. The maximum atomic E-state index is 12.8. The fourth-order valence-corrected chi connectivity index (χ4v) is 3.47. The molecule has 0 radical (unpaired) electrons. The molecule has 0 amide bonds. The van der Waals surface area contributed by atoms with E-state index in [0.29, 0.717) is 28.9 Å². The number of fused-ring (bicyclic) bond motifs is 1. The molecule has 0 aliphatic rings. The largest absolute Gasteiger partial charge is 0.355 e. The van der Waals surface area contributed by atoms with Crippen molar-refractivity contribution in [2.45, 2.75) is 18.4 Å². The van der Waals surface area contributed by atoms with Crippen molar-refractivity contribution in [1.29, 1.82) is 0 Å². The number of aromatic nitrogens is 3. The summed E-state index contributed by atoms with van der Waals surface area (Å²) in [7, 11) is 0. The first kappa shape index (κ1) is 18.3. The molecule has 0 aliphatic heterocycles. The van der Waals surface area contributed by atoms with Crippen molar-refractivity contribution in [1.82, 2.24) is 14.9 Å². The lowest BCUT2D eigenvalue weighted by atomic mass is 10.1. The standard InChI is InChI=1S/C22H19N3O2S/c1-15-20-19(13-10-16-8-11-18(28-2)12-9-16)27-24-21(20)22(26)25(23-15)14-17-6-4-3-5-7-17/h3-13H,14H2,1-2H3/b13-10+. The van der Waals surface area contributed by atoms with E-state index in [0.717, 1.165) is 11.1 Å². The van der Waals surface area contributed by atoms with Gasteiger partial charge in [0.05, 0.1) is 17.6 Å². The molecule has 4 aromatic rings. The highest BCUT2D eigenvalue weighted by Crippen LogP contribution is 2.21. The average Bonchev–Trinajstić information content (AvgIpc) is 3.16. The second-order valence-electron chi connectivity index (χ2n) is 6.41. The first-order valence-electron chi connectivity index (χ1n) is 8.89. The lowest BCUT2D eigenvalue weighted by molar-refractivity contribution is 0.420. The normalized spacial score (nSPS) is 11.5. The molecule has 0 fully saturated rings. The smallest absolute Gasteiger partial charge is 0.297 e. The van der Waals surface area contributed by atoms with Crippen LogP contribution >= 0.6 is 11.8 Å². The van der Waals surface area contributed by atoms with Gasteiger partial charge in [-0.05, 0) is 42.5 Å². The summed E-state index contributed by atoms with van der Waals surface area (Å²) in [5.74, 6) is 0.540. The summed E-state index contributed by atoms with van der Waals surface area (Å²) >= 11 is 1.70. The van der Waals surface area contributed by atoms with Gasteiger partial charge in [0.15, 0.2) is 11.3 Å². The minimum atomic E-state index is -0.253. The Hall–Kier alpha value is -3.12. The van der Waals surface area contributed by atoms with Gasteiger partial charge < -0.3 is 4.52 Å². The Balaban J connectivity index is 1.68. The molecule has 4 rings (SSSR count). The third kappa shape index (κ3) is 3.64. The molecule has 28 heavy (non-hydrogen) atoms. The van der Waals surface area contributed by atoms with Crippen molar-refractivity contribution in [3.05, 3.63) is 87.5 Å². The Bertz CT molecular complexity index is 1190.